The van der Waals surface area contributed by atoms with Crippen molar-refractivity contribution in [2.45, 2.75) is 225 Å². The standard InChI is InChI=1S/C48H92NO8P/c1-6-8-10-12-14-16-18-19-20-21-22-23-24-25-26-27-28-29-31-33-35-37-39-41-48(51)57-46(45-56-58(52,53)55-43-42-49(3,4)5)44-54-47(50)40-38-36-34-32-30-17-15-13-11-9-7-2/h13,15,21-22,46H,6-12,14,16-20,23-45H2,1-5H3/p+1/b15-13-,22-21-. The predicted octanol–water partition coefficient (Wildman–Crippen LogP) is 13.9. The Morgan fingerprint density at radius 1 is 0.517 bits per heavy atom. The topological polar surface area (TPSA) is 108 Å². The summed E-state index contributed by atoms with van der Waals surface area (Å²) in [7, 11) is 1.48. The van der Waals surface area contributed by atoms with E-state index in [4.69, 9.17) is 18.5 Å². The summed E-state index contributed by atoms with van der Waals surface area (Å²) in [5.41, 5.74) is 0. The van der Waals surface area contributed by atoms with Crippen molar-refractivity contribution in [3.05, 3.63) is 24.3 Å². The quantitative estimate of drug-likeness (QED) is 0.0212. The molecule has 0 rings (SSSR count). The molecular formula is C48H93NO8P+. The molecule has 0 spiro atoms. The fourth-order valence-corrected chi connectivity index (χ4v) is 7.38. The largest absolute Gasteiger partial charge is 0.472 e. The molecule has 0 amide bonds. The average Bonchev–Trinajstić information content (AvgIpc) is 3.17. The van der Waals surface area contributed by atoms with Crippen LogP contribution in [-0.2, 0) is 32.7 Å². The molecular weight excluding hydrogens is 750 g/mol. The van der Waals surface area contributed by atoms with Crippen molar-refractivity contribution in [1.29, 1.82) is 0 Å². The maximum absolute atomic E-state index is 12.7. The number of phosphoric ester groups is 1. The molecule has 0 saturated carbocycles. The van der Waals surface area contributed by atoms with E-state index >= 15 is 0 Å². The number of carbonyl (C=O) groups is 2. The minimum Gasteiger partial charge on any atom is -0.462 e. The lowest BCUT2D eigenvalue weighted by atomic mass is 10.0. The van der Waals surface area contributed by atoms with Crippen molar-refractivity contribution >= 4 is 19.8 Å². The summed E-state index contributed by atoms with van der Waals surface area (Å²) in [5.74, 6) is -0.805. The van der Waals surface area contributed by atoms with E-state index in [1.165, 1.54) is 128 Å². The number of ether oxygens (including phenoxy) is 2. The van der Waals surface area contributed by atoms with Crippen molar-refractivity contribution in [2.75, 3.05) is 47.5 Å². The SMILES string of the molecule is CCCC/C=C\CCCCCCCC(=O)OCC(COP(=O)(O)OCC[N+](C)(C)C)OC(=O)CCCCCCCCCCCCC/C=C\CCCCCCCCCC. The lowest BCUT2D eigenvalue weighted by Gasteiger charge is -2.24. The zero-order valence-electron chi connectivity index (χ0n) is 38.5. The summed E-state index contributed by atoms with van der Waals surface area (Å²) in [6.07, 6.45) is 45.2. The van der Waals surface area contributed by atoms with E-state index in [0.29, 0.717) is 17.4 Å². The zero-order valence-corrected chi connectivity index (χ0v) is 39.4. The van der Waals surface area contributed by atoms with Crippen LogP contribution in [-0.4, -0.2) is 74.9 Å². The van der Waals surface area contributed by atoms with E-state index in [9.17, 15) is 19.0 Å². The number of phosphoric acid groups is 1. The third-order valence-corrected chi connectivity index (χ3v) is 11.4. The van der Waals surface area contributed by atoms with Gasteiger partial charge >= 0.3 is 19.8 Å². The maximum atomic E-state index is 12.7. The molecule has 9 nitrogen and oxygen atoms in total. The van der Waals surface area contributed by atoms with E-state index in [1.54, 1.807) is 0 Å². The van der Waals surface area contributed by atoms with Gasteiger partial charge < -0.3 is 18.9 Å². The van der Waals surface area contributed by atoms with Crippen LogP contribution in [0.1, 0.15) is 219 Å². The molecule has 0 aliphatic carbocycles. The summed E-state index contributed by atoms with van der Waals surface area (Å²) >= 11 is 0. The lowest BCUT2D eigenvalue weighted by molar-refractivity contribution is -0.870. The number of likely N-dealkylation sites (N-methyl/N-ethyl adjacent to an activating group) is 1. The van der Waals surface area contributed by atoms with Crippen LogP contribution < -0.4 is 0 Å². The lowest BCUT2D eigenvalue weighted by Crippen LogP contribution is -2.37. The van der Waals surface area contributed by atoms with Crippen LogP contribution >= 0.6 is 7.82 Å². The monoisotopic (exact) mass is 843 g/mol. The minimum absolute atomic E-state index is 0.0317. The first-order chi connectivity index (χ1) is 28.0. The second kappa shape index (κ2) is 40.9. The molecule has 58 heavy (non-hydrogen) atoms. The molecule has 0 aromatic rings. The molecule has 0 aromatic heterocycles. The molecule has 2 unspecified atom stereocenters. The second-order valence-electron chi connectivity index (χ2n) is 17.5. The van der Waals surface area contributed by atoms with Crippen LogP contribution in [0.4, 0.5) is 0 Å². The van der Waals surface area contributed by atoms with Gasteiger partial charge in [-0.3, -0.25) is 18.6 Å². The molecule has 0 saturated heterocycles. The van der Waals surface area contributed by atoms with Crippen LogP contribution in [0.5, 0.6) is 0 Å². The number of hydrogen-bond donors (Lipinski definition) is 1. The van der Waals surface area contributed by atoms with Crippen molar-refractivity contribution in [1.82, 2.24) is 0 Å². The number of carbonyl (C=O) groups excluding carboxylic acids is 2. The summed E-state index contributed by atoms with van der Waals surface area (Å²) in [5, 5.41) is 0. The highest BCUT2D eigenvalue weighted by molar-refractivity contribution is 7.47. The number of rotatable bonds is 44. The molecule has 0 radical (unpaired) electrons. The summed E-state index contributed by atoms with van der Waals surface area (Å²) in [6.45, 7) is 4.39. The molecule has 0 aliphatic rings. The highest BCUT2D eigenvalue weighted by atomic mass is 31.2. The van der Waals surface area contributed by atoms with Crippen molar-refractivity contribution in [3.63, 3.8) is 0 Å². The molecule has 1 N–H and O–H groups in total. The first kappa shape index (κ1) is 56.5. The Hall–Kier alpha value is -1.51. The van der Waals surface area contributed by atoms with Crippen molar-refractivity contribution in [2.24, 2.45) is 0 Å². The number of nitrogens with zero attached hydrogens (tertiary/aromatic N) is 1. The van der Waals surface area contributed by atoms with E-state index in [0.717, 1.165) is 57.8 Å². The number of esters is 2. The molecule has 0 bridgehead atoms. The molecule has 2 atom stereocenters. The first-order valence-electron chi connectivity index (χ1n) is 24.1. The fraction of sp³-hybridized carbons (Fsp3) is 0.875. The van der Waals surface area contributed by atoms with Gasteiger partial charge in [-0.1, -0.05) is 173 Å². The van der Waals surface area contributed by atoms with Gasteiger partial charge in [0.2, 0.25) is 0 Å². The van der Waals surface area contributed by atoms with Gasteiger partial charge in [0.05, 0.1) is 27.7 Å². The van der Waals surface area contributed by atoms with Crippen LogP contribution in [0.2, 0.25) is 0 Å². The third kappa shape index (κ3) is 44.1. The second-order valence-corrected chi connectivity index (χ2v) is 18.9. The molecule has 0 fully saturated rings. The number of quaternary nitrogens is 1. The van der Waals surface area contributed by atoms with E-state index in [1.807, 2.05) is 21.1 Å². The van der Waals surface area contributed by atoms with Gasteiger partial charge in [-0.05, 0) is 57.8 Å². The Kier molecular flexibility index (Phi) is 39.8. The maximum Gasteiger partial charge on any atom is 0.472 e. The van der Waals surface area contributed by atoms with Crippen LogP contribution in [0.25, 0.3) is 0 Å². The van der Waals surface area contributed by atoms with E-state index < -0.39 is 26.5 Å². The van der Waals surface area contributed by atoms with Gasteiger partial charge in [-0.25, -0.2) is 4.57 Å². The highest BCUT2D eigenvalue weighted by Crippen LogP contribution is 2.43. The number of hydrogen-bond acceptors (Lipinski definition) is 7. The average molecular weight is 843 g/mol. The fourth-order valence-electron chi connectivity index (χ4n) is 6.64. The molecule has 0 aliphatic heterocycles. The Morgan fingerprint density at radius 2 is 0.897 bits per heavy atom. The van der Waals surface area contributed by atoms with Gasteiger partial charge in [0.1, 0.15) is 19.8 Å². The molecule has 10 heteroatoms. The van der Waals surface area contributed by atoms with Crippen molar-refractivity contribution < 1.29 is 42.1 Å². The number of unbranched alkanes of at least 4 members (excludes halogenated alkanes) is 26. The summed E-state index contributed by atoms with van der Waals surface area (Å²) < 4.78 is 34.3. The molecule has 342 valence electrons. The van der Waals surface area contributed by atoms with E-state index in [2.05, 4.69) is 38.2 Å². The van der Waals surface area contributed by atoms with Gasteiger partial charge in [0, 0.05) is 12.8 Å². The molecule has 0 heterocycles. The van der Waals surface area contributed by atoms with Gasteiger partial charge in [0.15, 0.2) is 6.10 Å². The highest BCUT2D eigenvalue weighted by Gasteiger charge is 2.27. The zero-order chi connectivity index (χ0) is 42.8. The number of allylic oxidation sites excluding steroid dienone is 4. The Morgan fingerprint density at radius 3 is 1.33 bits per heavy atom. The van der Waals surface area contributed by atoms with Gasteiger partial charge in [0.25, 0.3) is 0 Å². The van der Waals surface area contributed by atoms with Gasteiger partial charge in [-0.15, -0.1) is 0 Å². The Balaban J connectivity index is 4.20. The smallest absolute Gasteiger partial charge is 0.462 e. The predicted molar refractivity (Wildman–Crippen MR) is 243 cm³/mol. The summed E-state index contributed by atoms with van der Waals surface area (Å²) in [4.78, 5) is 35.4. The first-order valence-corrected chi connectivity index (χ1v) is 25.6. The van der Waals surface area contributed by atoms with Crippen LogP contribution in [0.15, 0.2) is 24.3 Å². The van der Waals surface area contributed by atoms with Crippen LogP contribution in [0, 0.1) is 0 Å². The minimum atomic E-state index is -4.37. The molecule has 0 aromatic carbocycles. The van der Waals surface area contributed by atoms with E-state index in [-0.39, 0.29) is 32.0 Å². The summed E-state index contributed by atoms with van der Waals surface area (Å²) in [6, 6.07) is 0. The normalized spacial score (nSPS) is 13.7. The van der Waals surface area contributed by atoms with Gasteiger partial charge in [-0.2, -0.15) is 0 Å². The third-order valence-electron chi connectivity index (χ3n) is 10.5. The van der Waals surface area contributed by atoms with Crippen molar-refractivity contribution in [3.8, 4) is 0 Å². The van der Waals surface area contributed by atoms with Crippen LogP contribution in [0.3, 0.4) is 0 Å². The Bertz CT molecular complexity index is 1040. The Labute approximate surface area is 358 Å².